The first-order valence-electron chi connectivity index (χ1n) is 9.10. The van der Waals surface area contributed by atoms with Crippen molar-refractivity contribution in [3.63, 3.8) is 0 Å². The second-order valence-corrected chi connectivity index (χ2v) is 6.40. The van der Waals surface area contributed by atoms with Crippen LogP contribution in [-0.2, 0) is 17.6 Å². The van der Waals surface area contributed by atoms with Gasteiger partial charge in [0.1, 0.15) is 5.82 Å². The number of aryl methyl sites for hydroxylation is 1. The summed E-state index contributed by atoms with van der Waals surface area (Å²) < 4.78 is 13.0. The second-order valence-electron chi connectivity index (χ2n) is 6.40. The highest BCUT2D eigenvalue weighted by molar-refractivity contribution is 5.81. The number of carbonyl (C=O) groups excluding carboxylic acids is 1. The summed E-state index contributed by atoms with van der Waals surface area (Å²) in [5.41, 5.74) is 7.68. The summed E-state index contributed by atoms with van der Waals surface area (Å²) in [6.45, 7) is 1.14. The van der Waals surface area contributed by atoms with Crippen LogP contribution in [0.5, 0.6) is 0 Å². The molecular weight excluding hydrogens is 343 g/mol. The van der Waals surface area contributed by atoms with Gasteiger partial charge in [0, 0.05) is 20.1 Å². The van der Waals surface area contributed by atoms with E-state index in [2.05, 4.69) is 27.8 Å². The molecule has 1 unspecified atom stereocenters. The van der Waals surface area contributed by atoms with Crippen LogP contribution in [0.1, 0.15) is 17.5 Å². The minimum Gasteiger partial charge on any atom is -0.369 e. The lowest BCUT2D eigenvalue weighted by Gasteiger charge is -2.17. The molecule has 2 rings (SSSR count). The van der Waals surface area contributed by atoms with E-state index in [1.165, 1.54) is 17.7 Å². The average Bonchev–Trinajstić information content (AvgIpc) is 2.68. The van der Waals surface area contributed by atoms with Crippen molar-refractivity contribution in [2.75, 3.05) is 20.1 Å². The number of carbonyl (C=O) groups is 1. The highest BCUT2D eigenvalue weighted by Crippen LogP contribution is 2.09. The van der Waals surface area contributed by atoms with Gasteiger partial charge in [-0.05, 0) is 42.5 Å². The van der Waals surface area contributed by atoms with Gasteiger partial charge in [0.2, 0.25) is 5.91 Å². The second kappa shape index (κ2) is 11.0. The molecule has 0 aliphatic carbocycles. The summed E-state index contributed by atoms with van der Waals surface area (Å²) in [7, 11) is 1.69. The van der Waals surface area contributed by atoms with Gasteiger partial charge >= 0.3 is 0 Å². The van der Waals surface area contributed by atoms with Crippen LogP contribution in [0.4, 0.5) is 4.39 Å². The van der Waals surface area contributed by atoms with Crippen molar-refractivity contribution in [1.29, 1.82) is 0 Å². The molecule has 4 N–H and O–H groups in total. The van der Waals surface area contributed by atoms with E-state index < -0.39 is 11.8 Å². The van der Waals surface area contributed by atoms with Crippen molar-refractivity contribution >= 4 is 11.9 Å². The van der Waals surface area contributed by atoms with Crippen LogP contribution < -0.4 is 16.4 Å². The van der Waals surface area contributed by atoms with Crippen LogP contribution in [0.2, 0.25) is 0 Å². The van der Waals surface area contributed by atoms with E-state index in [1.807, 2.05) is 18.2 Å². The van der Waals surface area contributed by atoms with Gasteiger partial charge in [-0.1, -0.05) is 42.5 Å². The SMILES string of the molecule is CN=C(NCCCc1ccccc1)NCC(Cc1ccc(F)cc1)C(N)=O. The number of benzene rings is 2. The summed E-state index contributed by atoms with van der Waals surface area (Å²) in [6, 6.07) is 16.4. The third kappa shape index (κ3) is 7.48. The Balaban J connectivity index is 1.76. The predicted octanol–water partition coefficient (Wildman–Crippen LogP) is 2.27. The number of nitrogens with one attached hydrogen (secondary N) is 2. The summed E-state index contributed by atoms with van der Waals surface area (Å²) in [4.78, 5) is 15.9. The molecular formula is C21H27FN4O. The largest absolute Gasteiger partial charge is 0.369 e. The number of guanidine groups is 1. The standard InChI is InChI=1S/C21H27FN4O/c1-24-21(25-13-5-8-16-6-3-2-4-7-16)26-15-18(20(23)27)14-17-9-11-19(22)12-10-17/h2-4,6-7,9-12,18H,5,8,13-15H2,1H3,(H2,23,27)(H2,24,25,26). The number of primary amides is 1. The minimum atomic E-state index is -0.404. The van der Waals surface area contributed by atoms with Crippen LogP contribution in [0.15, 0.2) is 59.6 Å². The number of nitrogens with zero attached hydrogens (tertiary/aromatic N) is 1. The molecule has 0 saturated carbocycles. The van der Waals surface area contributed by atoms with Gasteiger partial charge in [-0.25, -0.2) is 4.39 Å². The molecule has 1 atom stereocenters. The van der Waals surface area contributed by atoms with Crippen molar-refractivity contribution in [3.8, 4) is 0 Å². The third-order valence-electron chi connectivity index (χ3n) is 4.31. The molecule has 6 heteroatoms. The number of nitrogens with two attached hydrogens (primary N) is 1. The van der Waals surface area contributed by atoms with E-state index in [0.717, 1.165) is 24.9 Å². The monoisotopic (exact) mass is 370 g/mol. The third-order valence-corrected chi connectivity index (χ3v) is 4.31. The minimum absolute atomic E-state index is 0.299. The summed E-state index contributed by atoms with van der Waals surface area (Å²) in [5, 5.41) is 6.39. The molecule has 0 aliphatic rings. The quantitative estimate of drug-likeness (QED) is 0.360. The molecule has 0 aromatic heterocycles. The molecule has 0 heterocycles. The van der Waals surface area contributed by atoms with Crippen LogP contribution in [0.25, 0.3) is 0 Å². The maximum absolute atomic E-state index is 13.0. The molecule has 144 valence electrons. The zero-order chi connectivity index (χ0) is 19.5. The molecule has 27 heavy (non-hydrogen) atoms. The Morgan fingerprint density at radius 2 is 1.78 bits per heavy atom. The first-order chi connectivity index (χ1) is 13.1. The summed E-state index contributed by atoms with van der Waals surface area (Å²) in [5.74, 6) is -0.467. The zero-order valence-corrected chi connectivity index (χ0v) is 15.6. The van der Waals surface area contributed by atoms with Gasteiger partial charge in [-0.3, -0.25) is 9.79 Å². The fourth-order valence-corrected chi connectivity index (χ4v) is 2.76. The van der Waals surface area contributed by atoms with Crippen LogP contribution >= 0.6 is 0 Å². The highest BCUT2D eigenvalue weighted by atomic mass is 19.1. The topological polar surface area (TPSA) is 79.5 Å². The molecule has 0 fully saturated rings. The number of rotatable bonds is 9. The van der Waals surface area contributed by atoms with Crippen molar-refractivity contribution in [3.05, 3.63) is 71.5 Å². The van der Waals surface area contributed by atoms with E-state index >= 15 is 0 Å². The summed E-state index contributed by atoms with van der Waals surface area (Å²) >= 11 is 0. The smallest absolute Gasteiger partial charge is 0.222 e. The number of hydrogen-bond donors (Lipinski definition) is 3. The van der Waals surface area contributed by atoms with Crippen LogP contribution in [0, 0.1) is 11.7 Å². The molecule has 2 aromatic rings. The maximum atomic E-state index is 13.0. The first-order valence-corrected chi connectivity index (χ1v) is 9.10. The Kier molecular flexibility index (Phi) is 8.29. The fraction of sp³-hybridized carbons (Fsp3) is 0.333. The van der Waals surface area contributed by atoms with Crippen molar-refractivity contribution in [1.82, 2.24) is 10.6 Å². The number of aliphatic imine (C=N–C) groups is 1. The molecule has 5 nitrogen and oxygen atoms in total. The van der Waals surface area contributed by atoms with Gasteiger partial charge < -0.3 is 16.4 Å². The van der Waals surface area contributed by atoms with Gasteiger partial charge in [0.05, 0.1) is 5.92 Å². The van der Waals surface area contributed by atoms with Gasteiger partial charge in [0.15, 0.2) is 5.96 Å². The predicted molar refractivity (Wildman–Crippen MR) is 107 cm³/mol. The molecule has 0 aliphatic heterocycles. The Morgan fingerprint density at radius 3 is 2.41 bits per heavy atom. The zero-order valence-electron chi connectivity index (χ0n) is 15.6. The Bertz CT molecular complexity index is 732. The van der Waals surface area contributed by atoms with E-state index in [9.17, 15) is 9.18 Å². The lowest BCUT2D eigenvalue weighted by molar-refractivity contribution is -0.121. The van der Waals surface area contributed by atoms with Crippen molar-refractivity contribution in [2.45, 2.75) is 19.3 Å². The summed E-state index contributed by atoms with van der Waals surface area (Å²) in [6.07, 6.45) is 2.41. The van der Waals surface area contributed by atoms with Gasteiger partial charge in [0.25, 0.3) is 0 Å². The number of amides is 1. The average molecular weight is 370 g/mol. The Morgan fingerprint density at radius 1 is 1.07 bits per heavy atom. The normalized spacial score (nSPS) is 12.4. The molecule has 2 aromatic carbocycles. The Hall–Kier alpha value is -2.89. The van der Waals surface area contributed by atoms with Gasteiger partial charge in [-0.2, -0.15) is 0 Å². The number of hydrogen-bond acceptors (Lipinski definition) is 2. The maximum Gasteiger partial charge on any atom is 0.222 e. The van der Waals surface area contributed by atoms with E-state index in [1.54, 1.807) is 19.2 Å². The number of halogens is 1. The van der Waals surface area contributed by atoms with E-state index in [4.69, 9.17) is 5.73 Å². The van der Waals surface area contributed by atoms with Crippen LogP contribution in [-0.4, -0.2) is 32.0 Å². The molecule has 0 saturated heterocycles. The van der Waals surface area contributed by atoms with Crippen molar-refractivity contribution in [2.24, 2.45) is 16.6 Å². The van der Waals surface area contributed by atoms with Crippen molar-refractivity contribution < 1.29 is 9.18 Å². The molecule has 0 bridgehead atoms. The van der Waals surface area contributed by atoms with E-state index in [-0.39, 0.29) is 5.82 Å². The molecule has 1 amide bonds. The van der Waals surface area contributed by atoms with Gasteiger partial charge in [-0.15, -0.1) is 0 Å². The van der Waals surface area contributed by atoms with E-state index in [0.29, 0.717) is 18.9 Å². The lowest BCUT2D eigenvalue weighted by atomic mass is 9.98. The fourth-order valence-electron chi connectivity index (χ4n) is 2.76. The Labute approximate surface area is 159 Å². The molecule has 0 spiro atoms. The first kappa shape index (κ1) is 20.4. The molecule has 0 radical (unpaired) electrons. The van der Waals surface area contributed by atoms with Crippen LogP contribution in [0.3, 0.4) is 0 Å². The highest BCUT2D eigenvalue weighted by Gasteiger charge is 2.16. The lowest BCUT2D eigenvalue weighted by Crippen LogP contribution is -2.43.